The van der Waals surface area contributed by atoms with Crippen molar-refractivity contribution in [1.29, 1.82) is 0 Å². The smallest absolute Gasteiger partial charge is 0.271 e. The van der Waals surface area contributed by atoms with Gasteiger partial charge in [-0.2, -0.15) is 0 Å². The highest BCUT2D eigenvalue weighted by atomic mass is 79.9. The Morgan fingerprint density at radius 3 is 2.61 bits per heavy atom. The Balaban J connectivity index is 2.33. The monoisotopic (exact) mass is 366 g/mol. The van der Waals surface area contributed by atoms with E-state index in [1.165, 1.54) is 12.1 Å². The van der Waals surface area contributed by atoms with E-state index in [0.29, 0.717) is 16.5 Å². The Hall–Kier alpha value is -0.630. The van der Waals surface area contributed by atoms with Gasteiger partial charge < -0.3 is 0 Å². The summed E-state index contributed by atoms with van der Waals surface area (Å²) in [4.78, 5) is 3.99. The van der Waals surface area contributed by atoms with Crippen molar-refractivity contribution in [3.8, 4) is 0 Å². The van der Waals surface area contributed by atoms with Crippen LogP contribution < -0.4 is 4.72 Å². The summed E-state index contributed by atoms with van der Waals surface area (Å²) in [5.41, 5.74) is 0.950. The molecule has 0 spiro atoms. The third-order valence-corrected chi connectivity index (χ3v) is 5.80. The van der Waals surface area contributed by atoms with Crippen molar-refractivity contribution < 1.29 is 8.42 Å². The Morgan fingerprint density at radius 1 is 1.33 bits per heavy atom. The molecule has 4 nitrogen and oxygen atoms in total. The number of hydrogen-bond acceptors (Lipinski definition) is 4. The second-order valence-corrected chi connectivity index (χ2v) is 8.19. The van der Waals surface area contributed by atoms with Gasteiger partial charge in [-0.3, -0.25) is 4.72 Å². The summed E-state index contributed by atoms with van der Waals surface area (Å²) < 4.78 is 27.6. The predicted molar refractivity (Wildman–Crippen MR) is 76.8 cm³/mol. The summed E-state index contributed by atoms with van der Waals surface area (Å²) in [6, 6.07) is 6.35. The largest absolute Gasteiger partial charge is 0.277 e. The van der Waals surface area contributed by atoms with E-state index in [9.17, 15) is 8.42 Å². The molecule has 0 fully saturated rings. The van der Waals surface area contributed by atoms with Gasteiger partial charge in [-0.1, -0.05) is 11.6 Å². The average Bonchev–Trinajstić information content (AvgIpc) is 2.70. The van der Waals surface area contributed by atoms with Gasteiger partial charge >= 0.3 is 0 Å². The van der Waals surface area contributed by atoms with Gasteiger partial charge in [0.25, 0.3) is 10.0 Å². The number of halogens is 2. The van der Waals surface area contributed by atoms with Gasteiger partial charge in [-0.05, 0) is 47.1 Å². The molecule has 0 aliphatic carbocycles. The molecule has 0 saturated carbocycles. The highest BCUT2D eigenvalue weighted by Gasteiger charge is 2.17. The number of rotatable bonds is 3. The molecule has 2 heterocycles. The van der Waals surface area contributed by atoms with E-state index in [-0.39, 0.29) is 4.21 Å². The molecule has 0 saturated heterocycles. The first-order valence-corrected chi connectivity index (χ1v) is 8.27. The number of nitrogens with zero attached hydrogens (tertiary/aromatic N) is 1. The number of thiophene rings is 1. The summed E-state index contributed by atoms with van der Waals surface area (Å²) in [5, 5.41) is 0.328. The van der Waals surface area contributed by atoms with Gasteiger partial charge in [-0.15, -0.1) is 11.3 Å². The molecule has 96 valence electrons. The van der Waals surface area contributed by atoms with Crippen molar-refractivity contribution >= 4 is 54.6 Å². The minimum absolute atomic E-state index is 0.240. The minimum Gasteiger partial charge on any atom is -0.277 e. The van der Waals surface area contributed by atoms with E-state index >= 15 is 0 Å². The van der Waals surface area contributed by atoms with Crippen LogP contribution in [0, 0.1) is 6.92 Å². The Labute approximate surface area is 122 Å². The van der Waals surface area contributed by atoms with E-state index in [4.69, 9.17) is 11.6 Å². The molecular weight excluding hydrogens is 360 g/mol. The Morgan fingerprint density at radius 2 is 2.06 bits per heavy atom. The average molecular weight is 368 g/mol. The maximum Gasteiger partial charge on any atom is 0.271 e. The van der Waals surface area contributed by atoms with Gasteiger partial charge in [0.1, 0.15) is 9.36 Å². The number of hydrogen-bond donors (Lipinski definition) is 1. The summed E-state index contributed by atoms with van der Waals surface area (Å²) in [7, 11) is -3.57. The highest BCUT2D eigenvalue weighted by molar-refractivity contribution is 9.11. The third kappa shape index (κ3) is 3.03. The fraction of sp³-hybridized carbons (Fsp3) is 0.100. The van der Waals surface area contributed by atoms with Crippen molar-refractivity contribution in [2.24, 2.45) is 0 Å². The molecule has 0 unspecified atom stereocenters. The van der Waals surface area contributed by atoms with E-state index < -0.39 is 10.0 Å². The fourth-order valence-corrected chi connectivity index (χ4v) is 4.59. The lowest BCUT2D eigenvalue weighted by Crippen LogP contribution is -2.12. The molecule has 1 N–H and O–H groups in total. The molecule has 0 aliphatic rings. The Kier molecular flexibility index (Phi) is 3.96. The van der Waals surface area contributed by atoms with Crippen LogP contribution in [-0.2, 0) is 10.0 Å². The van der Waals surface area contributed by atoms with Crippen molar-refractivity contribution in [3.05, 3.63) is 38.9 Å². The van der Waals surface area contributed by atoms with Crippen molar-refractivity contribution in [1.82, 2.24) is 4.98 Å². The van der Waals surface area contributed by atoms with Crippen LogP contribution in [0.1, 0.15) is 5.69 Å². The van der Waals surface area contributed by atoms with Crippen LogP contribution in [0.25, 0.3) is 0 Å². The molecule has 0 atom stereocenters. The summed E-state index contributed by atoms with van der Waals surface area (Å²) in [6.45, 7) is 1.69. The van der Waals surface area contributed by atoms with Gasteiger partial charge in [0.05, 0.1) is 15.2 Å². The lowest BCUT2D eigenvalue weighted by atomic mass is 10.3. The Bertz CT molecular complexity index is 685. The van der Waals surface area contributed by atoms with E-state index in [2.05, 4.69) is 25.6 Å². The number of sulfonamides is 1. The number of aromatic nitrogens is 1. The molecule has 8 heteroatoms. The zero-order chi connectivity index (χ0) is 13.3. The number of pyridine rings is 1. The first-order chi connectivity index (χ1) is 8.38. The van der Waals surface area contributed by atoms with Crippen LogP contribution in [0.2, 0.25) is 5.15 Å². The van der Waals surface area contributed by atoms with E-state index in [1.807, 2.05) is 0 Å². The third-order valence-electron chi connectivity index (χ3n) is 2.11. The molecule has 2 rings (SSSR count). The topological polar surface area (TPSA) is 59.1 Å². The zero-order valence-corrected chi connectivity index (χ0v) is 13.1. The lowest BCUT2D eigenvalue weighted by Gasteiger charge is -2.08. The predicted octanol–water partition coefficient (Wildman–Crippen LogP) is 3.67. The van der Waals surface area contributed by atoms with Crippen LogP contribution in [0.4, 0.5) is 5.69 Å². The SMILES string of the molecule is Cc1nc(Cl)ccc1NS(=O)(=O)c1ccc(Br)s1. The first-order valence-electron chi connectivity index (χ1n) is 4.80. The highest BCUT2D eigenvalue weighted by Crippen LogP contribution is 2.28. The number of anilines is 1. The lowest BCUT2D eigenvalue weighted by molar-refractivity contribution is 0.603. The summed E-state index contributed by atoms with van der Waals surface area (Å²) in [5.74, 6) is 0. The van der Waals surface area contributed by atoms with Crippen LogP contribution in [0.3, 0.4) is 0 Å². The molecule has 0 aliphatic heterocycles. The molecule has 0 aromatic carbocycles. The summed E-state index contributed by atoms with van der Waals surface area (Å²) >= 11 is 10.1. The maximum atomic E-state index is 12.1. The molecule has 0 bridgehead atoms. The molecule has 0 radical (unpaired) electrons. The molecule has 0 amide bonds. The normalized spacial score (nSPS) is 11.5. The fourth-order valence-electron chi connectivity index (χ4n) is 1.28. The van der Waals surface area contributed by atoms with Crippen LogP contribution in [0.15, 0.2) is 32.3 Å². The van der Waals surface area contributed by atoms with Crippen molar-refractivity contribution in [3.63, 3.8) is 0 Å². The zero-order valence-electron chi connectivity index (χ0n) is 9.15. The number of nitrogens with one attached hydrogen (secondary N) is 1. The molecule has 2 aromatic rings. The molecular formula is C10H8BrClN2O2S2. The van der Waals surface area contributed by atoms with E-state index in [0.717, 1.165) is 15.1 Å². The van der Waals surface area contributed by atoms with Crippen molar-refractivity contribution in [2.45, 2.75) is 11.1 Å². The standard InChI is InChI=1S/C10H8BrClN2O2S2/c1-6-7(2-4-9(12)13-6)14-18(15,16)10-5-3-8(11)17-10/h2-5,14H,1H3. The summed E-state index contributed by atoms with van der Waals surface area (Å²) in [6.07, 6.45) is 0. The molecule has 18 heavy (non-hydrogen) atoms. The minimum atomic E-state index is -3.57. The van der Waals surface area contributed by atoms with Crippen molar-refractivity contribution in [2.75, 3.05) is 4.72 Å². The van der Waals surface area contributed by atoms with E-state index in [1.54, 1.807) is 19.1 Å². The first kappa shape index (κ1) is 13.8. The maximum absolute atomic E-state index is 12.1. The second kappa shape index (κ2) is 5.16. The van der Waals surface area contributed by atoms with Gasteiger partial charge in [0.15, 0.2) is 0 Å². The van der Waals surface area contributed by atoms with Gasteiger partial charge in [-0.25, -0.2) is 13.4 Å². The van der Waals surface area contributed by atoms with Crippen LogP contribution in [0.5, 0.6) is 0 Å². The molecule has 2 aromatic heterocycles. The van der Waals surface area contributed by atoms with Gasteiger partial charge in [0.2, 0.25) is 0 Å². The van der Waals surface area contributed by atoms with Crippen LogP contribution >= 0.6 is 38.9 Å². The van der Waals surface area contributed by atoms with Gasteiger partial charge in [0, 0.05) is 0 Å². The van der Waals surface area contributed by atoms with Crippen LogP contribution in [-0.4, -0.2) is 13.4 Å². The quantitative estimate of drug-likeness (QED) is 0.842. The number of aryl methyl sites for hydroxylation is 1. The second-order valence-electron chi connectivity index (χ2n) is 3.43.